The van der Waals surface area contributed by atoms with E-state index >= 15 is 0 Å². The zero-order chi connectivity index (χ0) is 20.4. The van der Waals surface area contributed by atoms with Gasteiger partial charge in [0.25, 0.3) is 0 Å². The molecule has 0 aromatic heterocycles. The first-order chi connectivity index (χ1) is 13.1. The lowest BCUT2D eigenvalue weighted by Gasteiger charge is -2.57. The number of hydrogen-bond acceptors (Lipinski definition) is 6. The third-order valence-electron chi connectivity index (χ3n) is 6.74. The minimum absolute atomic E-state index is 0.0681. The van der Waals surface area contributed by atoms with E-state index in [1.807, 2.05) is 13.0 Å². The van der Waals surface area contributed by atoms with Gasteiger partial charge in [-0.1, -0.05) is 32.4 Å². The van der Waals surface area contributed by atoms with E-state index in [0.717, 1.165) is 6.42 Å². The zero-order valence-corrected chi connectivity index (χ0v) is 16.6. The summed E-state index contributed by atoms with van der Waals surface area (Å²) < 4.78 is 10.8. The lowest BCUT2D eigenvalue weighted by atomic mass is 9.48. The Kier molecular flexibility index (Phi) is 4.04. The molecule has 0 unspecified atom stereocenters. The molecule has 3 atom stereocenters. The van der Waals surface area contributed by atoms with Crippen molar-refractivity contribution in [2.45, 2.75) is 47.0 Å². The van der Waals surface area contributed by atoms with Crippen LogP contribution in [0.25, 0.3) is 0 Å². The molecule has 6 heteroatoms. The number of hydrogen-bond donors (Lipinski definition) is 0. The van der Waals surface area contributed by atoms with Crippen LogP contribution in [0.1, 0.15) is 47.0 Å². The van der Waals surface area contributed by atoms with Crippen molar-refractivity contribution < 1.29 is 28.7 Å². The van der Waals surface area contributed by atoms with Crippen LogP contribution in [0.15, 0.2) is 34.6 Å². The Morgan fingerprint density at radius 3 is 2.57 bits per heavy atom. The van der Waals surface area contributed by atoms with Gasteiger partial charge < -0.3 is 9.47 Å². The Morgan fingerprint density at radius 1 is 1.21 bits per heavy atom. The molecule has 0 amide bonds. The van der Waals surface area contributed by atoms with E-state index in [1.165, 1.54) is 6.92 Å². The average molecular weight is 384 g/mol. The van der Waals surface area contributed by atoms with Crippen LogP contribution in [0, 0.1) is 22.7 Å². The molecule has 2 fully saturated rings. The Morgan fingerprint density at radius 2 is 1.93 bits per heavy atom. The van der Waals surface area contributed by atoms with Crippen molar-refractivity contribution in [2.75, 3.05) is 6.61 Å². The normalized spacial score (nSPS) is 34.3. The summed E-state index contributed by atoms with van der Waals surface area (Å²) in [6, 6.07) is 0. The molecule has 6 nitrogen and oxygen atoms in total. The quantitative estimate of drug-likeness (QED) is 0.537. The van der Waals surface area contributed by atoms with Gasteiger partial charge in [-0.15, -0.1) is 0 Å². The number of carbonyl (C=O) groups excluding carboxylic acids is 4. The molecule has 1 heterocycles. The maximum Gasteiger partial charge on any atom is 0.312 e. The SMILES string of the molecule is CC(=O)OC1=C(C(C)C)C(=O)C2=C(C1=O)[C@]13CCC[C@](C)(C(=O)OC1)[C@@H]3C=C2. The summed E-state index contributed by atoms with van der Waals surface area (Å²) >= 11 is 0. The summed E-state index contributed by atoms with van der Waals surface area (Å²) in [6.45, 7) is 6.75. The van der Waals surface area contributed by atoms with E-state index in [4.69, 9.17) is 9.47 Å². The molecule has 3 aliphatic carbocycles. The number of carbonyl (C=O) groups is 4. The molecular weight excluding hydrogens is 360 g/mol. The molecule has 0 radical (unpaired) electrons. The standard InChI is InChI=1S/C22H24O6/c1-11(2)15-17(24)13-6-7-14-21(4)8-5-9-22(14,10-27-20(21)26)16(13)18(25)19(15)28-12(3)23/h6-7,11,14H,5,8-10H2,1-4H3/t14-,21-,22+/m0/s1. The average Bonchev–Trinajstić information content (AvgIpc) is 2.61. The highest BCUT2D eigenvalue weighted by atomic mass is 16.5. The number of allylic oxidation sites excluding steroid dienone is 5. The highest BCUT2D eigenvalue weighted by molar-refractivity contribution is 6.27. The van der Waals surface area contributed by atoms with Gasteiger partial charge in [0.1, 0.15) is 6.61 Å². The number of ether oxygens (including phenoxy) is 2. The van der Waals surface area contributed by atoms with Gasteiger partial charge in [-0.05, 0) is 25.7 Å². The van der Waals surface area contributed by atoms with Crippen LogP contribution < -0.4 is 0 Å². The fraction of sp³-hybridized carbons (Fsp3) is 0.545. The van der Waals surface area contributed by atoms with Gasteiger partial charge in [-0.3, -0.25) is 19.2 Å². The molecule has 148 valence electrons. The van der Waals surface area contributed by atoms with Crippen molar-refractivity contribution in [3.05, 3.63) is 34.6 Å². The number of rotatable bonds is 2. The fourth-order valence-corrected chi connectivity index (χ4v) is 5.53. The van der Waals surface area contributed by atoms with Crippen molar-refractivity contribution >= 4 is 23.5 Å². The molecule has 0 aromatic carbocycles. The minimum Gasteiger partial charge on any atom is -0.464 e. The van der Waals surface area contributed by atoms with Gasteiger partial charge in [0.2, 0.25) is 5.78 Å². The number of cyclic esters (lactones) is 1. The lowest BCUT2D eigenvalue weighted by molar-refractivity contribution is -0.185. The molecule has 0 spiro atoms. The number of Topliss-reactive ketones (excluding diaryl/α,β-unsaturated/α-hetero) is 2. The second kappa shape index (κ2) is 6.00. The van der Waals surface area contributed by atoms with E-state index < -0.39 is 22.6 Å². The smallest absolute Gasteiger partial charge is 0.312 e. The van der Waals surface area contributed by atoms with Crippen LogP contribution in [0.5, 0.6) is 0 Å². The van der Waals surface area contributed by atoms with E-state index in [0.29, 0.717) is 24.0 Å². The Balaban J connectivity index is 1.91. The van der Waals surface area contributed by atoms with E-state index in [9.17, 15) is 19.2 Å². The Hall–Kier alpha value is -2.50. The van der Waals surface area contributed by atoms with Crippen molar-refractivity contribution in [3.63, 3.8) is 0 Å². The second-order valence-electron chi connectivity index (χ2n) is 8.78. The van der Waals surface area contributed by atoms with Crippen LogP contribution in [-0.2, 0) is 28.7 Å². The van der Waals surface area contributed by atoms with Crippen molar-refractivity contribution in [1.29, 1.82) is 0 Å². The van der Waals surface area contributed by atoms with Gasteiger partial charge in [0.15, 0.2) is 11.5 Å². The highest BCUT2D eigenvalue weighted by Crippen LogP contribution is 2.62. The summed E-state index contributed by atoms with van der Waals surface area (Å²) in [5, 5.41) is 0. The van der Waals surface area contributed by atoms with Crippen LogP contribution >= 0.6 is 0 Å². The molecule has 1 saturated heterocycles. The van der Waals surface area contributed by atoms with Crippen molar-refractivity contribution in [1.82, 2.24) is 0 Å². The topological polar surface area (TPSA) is 86.7 Å². The molecule has 1 aliphatic heterocycles. The first-order valence-corrected chi connectivity index (χ1v) is 9.75. The summed E-state index contributed by atoms with van der Waals surface area (Å²) in [5.74, 6) is -2.26. The third kappa shape index (κ3) is 2.26. The molecule has 0 aromatic rings. The molecule has 4 rings (SSSR count). The van der Waals surface area contributed by atoms with Gasteiger partial charge in [0, 0.05) is 35.0 Å². The first kappa shape index (κ1) is 18.8. The summed E-state index contributed by atoms with van der Waals surface area (Å²) in [4.78, 5) is 51.1. The van der Waals surface area contributed by atoms with Gasteiger partial charge in [-0.2, -0.15) is 0 Å². The molecule has 0 N–H and O–H groups in total. The van der Waals surface area contributed by atoms with Crippen molar-refractivity contribution in [3.8, 4) is 0 Å². The zero-order valence-electron chi connectivity index (χ0n) is 16.6. The maximum atomic E-state index is 13.6. The van der Waals surface area contributed by atoms with E-state index in [2.05, 4.69) is 0 Å². The van der Waals surface area contributed by atoms with Crippen LogP contribution in [0.3, 0.4) is 0 Å². The summed E-state index contributed by atoms with van der Waals surface area (Å²) in [7, 11) is 0. The maximum absolute atomic E-state index is 13.6. The number of esters is 2. The predicted molar refractivity (Wildman–Crippen MR) is 98.7 cm³/mol. The Labute approximate surface area is 163 Å². The summed E-state index contributed by atoms with van der Waals surface area (Å²) in [5.41, 5.74) is -0.540. The monoisotopic (exact) mass is 384 g/mol. The first-order valence-electron chi connectivity index (χ1n) is 9.75. The van der Waals surface area contributed by atoms with Crippen molar-refractivity contribution in [2.24, 2.45) is 22.7 Å². The molecule has 28 heavy (non-hydrogen) atoms. The molecule has 4 aliphatic rings. The van der Waals surface area contributed by atoms with Crippen LogP contribution in [0.4, 0.5) is 0 Å². The third-order valence-corrected chi connectivity index (χ3v) is 6.74. The fourth-order valence-electron chi connectivity index (χ4n) is 5.53. The predicted octanol–water partition coefficient (Wildman–Crippen LogP) is 2.83. The highest BCUT2D eigenvalue weighted by Gasteiger charge is 2.63. The Bertz CT molecular complexity index is 917. The van der Waals surface area contributed by atoms with E-state index in [1.54, 1.807) is 19.9 Å². The molecule has 1 saturated carbocycles. The second-order valence-corrected chi connectivity index (χ2v) is 8.78. The van der Waals surface area contributed by atoms with Gasteiger partial charge in [0.05, 0.1) is 5.41 Å². The lowest BCUT2D eigenvalue weighted by Crippen LogP contribution is -2.59. The number of ketones is 2. The molecule has 2 bridgehead atoms. The summed E-state index contributed by atoms with van der Waals surface area (Å²) in [6.07, 6.45) is 5.69. The van der Waals surface area contributed by atoms with Gasteiger partial charge >= 0.3 is 11.9 Å². The largest absolute Gasteiger partial charge is 0.464 e. The minimum atomic E-state index is -0.744. The van der Waals surface area contributed by atoms with Gasteiger partial charge in [-0.25, -0.2) is 0 Å². The molecular formula is C22H24O6. The van der Waals surface area contributed by atoms with E-state index in [-0.39, 0.29) is 41.5 Å². The van der Waals surface area contributed by atoms with Crippen LogP contribution in [-0.4, -0.2) is 30.1 Å². The van der Waals surface area contributed by atoms with Crippen LogP contribution in [0.2, 0.25) is 0 Å².